The van der Waals surface area contributed by atoms with E-state index in [0.29, 0.717) is 16.7 Å². The fourth-order valence-electron chi connectivity index (χ4n) is 6.20. The fourth-order valence-corrected chi connectivity index (χ4v) is 6.20. The number of rotatable bonds is 17. The molecular weight excluding hydrogens is 836 g/mol. The first kappa shape index (κ1) is 47.5. The molecule has 0 amide bonds. The Balaban J connectivity index is 1.47. The molecule has 338 valence electrons. The van der Waals surface area contributed by atoms with Crippen molar-refractivity contribution in [3.63, 3.8) is 0 Å². The van der Waals surface area contributed by atoms with Crippen LogP contribution in [0.2, 0.25) is 0 Å². The predicted octanol–water partition coefficient (Wildman–Crippen LogP) is 1.10. The Labute approximate surface area is 359 Å². The zero-order valence-electron chi connectivity index (χ0n) is 33.9. The highest BCUT2D eigenvalue weighted by Gasteiger charge is 2.62. The Bertz CT molecular complexity index is 2170. The van der Waals surface area contributed by atoms with Crippen molar-refractivity contribution in [1.29, 1.82) is 0 Å². The number of esters is 4. The summed E-state index contributed by atoms with van der Waals surface area (Å²) in [4.78, 5) is 51.1. The maximum Gasteiger partial charge on any atom is 0.331 e. The van der Waals surface area contributed by atoms with Gasteiger partial charge in [-0.2, -0.15) is 0 Å². The molecular formula is C43H46O20. The number of phenols is 3. The molecule has 0 spiro atoms. The highest BCUT2D eigenvalue weighted by molar-refractivity contribution is 5.88. The molecule has 2 saturated heterocycles. The average Bonchev–Trinajstić information content (AvgIpc) is 3.52. The standard InChI is InChI=1S/C43H46O20/c1-23(44)57-20-32-37(51)39(53)40(54)42(60-32)63-43(22-59-35(49)15-8-24-4-11-27(45)12-5-24)41(61-36(50)17-10-26-7-14-29(47)31(19-26)56-3)38(52)33(62-43)21-58-34(48)16-9-25-6-13-28(46)30(18-25)55-2/h4-19,32-33,37-42,45-47,51-54H,20-22H2,1-3H3/b15-8+,16-9+,17-10+/t32-,33-,37-,38-,39+,40-,41+,42-,43+/m1/s1. The molecule has 2 aliphatic heterocycles. The van der Waals surface area contributed by atoms with Gasteiger partial charge in [0.05, 0.1) is 14.2 Å². The Hall–Kier alpha value is -6.52. The summed E-state index contributed by atoms with van der Waals surface area (Å²) in [7, 11) is 2.65. The highest BCUT2D eigenvalue weighted by atomic mass is 16.8. The van der Waals surface area contributed by atoms with E-state index < -0.39 is 98.5 Å². The first-order chi connectivity index (χ1) is 30.0. The van der Waals surface area contributed by atoms with E-state index in [2.05, 4.69) is 0 Å². The molecule has 7 N–H and O–H groups in total. The van der Waals surface area contributed by atoms with Gasteiger partial charge in [-0.15, -0.1) is 0 Å². The molecule has 20 heteroatoms. The summed E-state index contributed by atoms with van der Waals surface area (Å²) in [5.74, 6) is -6.74. The number of phenolic OH excluding ortho intramolecular Hbond substituents is 3. The van der Waals surface area contributed by atoms with E-state index in [0.717, 1.165) is 25.2 Å². The molecule has 0 aliphatic carbocycles. The van der Waals surface area contributed by atoms with Gasteiger partial charge < -0.3 is 78.4 Å². The van der Waals surface area contributed by atoms with Crippen molar-refractivity contribution in [3.8, 4) is 28.7 Å². The van der Waals surface area contributed by atoms with E-state index in [1.807, 2.05) is 0 Å². The number of methoxy groups -OCH3 is 2. The molecule has 20 nitrogen and oxygen atoms in total. The largest absolute Gasteiger partial charge is 0.508 e. The van der Waals surface area contributed by atoms with E-state index in [9.17, 15) is 54.9 Å². The summed E-state index contributed by atoms with van der Waals surface area (Å²) in [6.45, 7) is -1.38. The number of ether oxygens (including phenoxy) is 9. The van der Waals surface area contributed by atoms with Crippen LogP contribution in [0, 0.1) is 0 Å². The number of carbonyl (C=O) groups is 4. The molecule has 0 bridgehead atoms. The molecule has 0 unspecified atom stereocenters. The number of aliphatic hydroxyl groups is 4. The van der Waals surface area contributed by atoms with Gasteiger partial charge in [0.15, 0.2) is 35.4 Å². The van der Waals surface area contributed by atoms with Crippen LogP contribution < -0.4 is 9.47 Å². The number of benzene rings is 3. The third-order valence-corrected chi connectivity index (χ3v) is 9.50. The molecule has 9 atom stereocenters. The van der Waals surface area contributed by atoms with Crippen LogP contribution in [0.4, 0.5) is 0 Å². The van der Waals surface area contributed by atoms with Gasteiger partial charge in [0.25, 0.3) is 0 Å². The first-order valence-corrected chi connectivity index (χ1v) is 19.0. The van der Waals surface area contributed by atoms with Gasteiger partial charge in [-0.1, -0.05) is 24.3 Å². The van der Waals surface area contributed by atoms with E-state index in [1.165, 1.54) is 93.1 Å². The molecule has 2 fully saturated rings. The first-order valence-electron chi connectivity index (χ1n) is 19.0. The van der Waals surface area contributed by atoms with Crippen LogP contribution in [0.25, 0.3) is 18.2 Å². The minimum absolute atomic E-state index is 0.0295. The van der Waals surface area contributed by atoms with Gasteiger partial charge in [0, 0.05) is 25.2 Å². The van der Waals surface area contributed by atoms with Crippen molar-refractivity contribution in [3.05, 3.63) is 95.6 Å². The van der Waals surface area contributed by atoms with Crippen LogP contribution >= 0.6 is 0 Å². The summed E-state index contributed by atoms with van der Waals surface area (Å²) < 4.78 is 49.5. The lowest BCUT2D eigenvalue weighted by Gasteiger charge is -2.43. The Morgan fingerprint density at radius 1 is 0.635 bits per heavy atom. The van der Waals surface area contributed by atoms with Gasteiger partial charge in [0.1, 0.15) is 62.2 Å². The summed E-state index contributed by atoms with van der Waals surface area (Å²) in [5, 5.41) is 73.7. The van der Waals surface area contributed by atoms with Crippen LogP contribution in [0.1, 0.15) is 23.6 Å². The number of aliphatic hydroxyl groups excluding tert-OH is 4. The van der Waals surface area contributed by atoms with Gasteiger partial charge in [-0.05, 0) is 71.3 Å². The van der Waals surface area contributed by atoms with Crippen LogP contribution in [-0.2, 0) is 52.3 Å². The van der Waals surface area contributed by atoms with Crippen molar-refractivity contribution in [2.24, 2.45) is 0 Å². The fraction of sp³-hybridized carbons (Fsp3) is 0.349. The summed E-state index contributed by atoms with van der Waals surface area (Å²) in [6.07, 6.45) is -8.27. The maximum atomic E-state index is 13.5. The lowest BCUT2D eigenvalue weighted by Crippen LogP contribution is -2.63. The van der Waals surface area contributed by atoms with E-state index in [1.54, 1.807) is 0 Å². The molecule has 2 aliphatic rings. The second kappa shape index (κ2) is 21.5. The highest BCUT2D eigenvalue weighted by Crippen LogP contribution is 2.39. The van der Waals surface area contributed by atoms with Crippen LogP contribution in [0.5, 0.6) is 28.7 Å². The lowest BCUT2D eigenvalue weighted by atomic mass is 9.98. The van der Waals surface area contributed by atoms with Gasteiger partial charge in [-0.25, -0.2) is 14.4 Å². The monoisotopic (exact) mass is 882 g/mol. The number of hydrogen-bond acceptors (Lipinski definition) is 20. The molecule has 0 saturated carbocycles. The predicted molar refractivity (Wildman–Crippen MR) is 214 cm³/mol. The Morgan fingerprint density at radius 3 is 1.73 bits per heavy atom. The number of hydrogen-bond donors (Lipinski definition) is 7. The average molecular weight is 883 g/mol. The summed E-state index contributed by atoms with van der Waals surface area (Å²) in [5.41, 5.74) is 1.26. The van der Waals surface area contributed by atoms with Crippen LogP contribution in [0.3, 0.4) is 0 Å². The van der Waals surface area contributed by atoms with E-state index in [-0.39, 0.29) is 28.7 Å². The quantitative estimate of drug-likeness (QED) is 0.0567. The molecule has 5 rings (SSSR count). The smallest absolute Gasteiger partial charge is 0.331 e. The van der Waals surface area contributed by atoms with Crippen molar-refractivity contribution in [2.75, 3.05) is 34.0 Å². The van der Waals surface area contributed by atoms with Crippen LogP contribution in [0.15, 0.2) is 78.9 Å². The molecule has 63 heavy (non-hydrogen) atoms. The normalized spacial score (nSPS) is 25.8. The topological polar surface area (TPSA) is 293 Å². The molecule has 0 radical (unpaired) electrons. The van der Waals surface area contributed by atoms with Gasteiger partial charge in [-0.3, -0.25) is 4.79 Å². The second-order valence-corrected chi connectivity index (χ2v) is 13.9. The van der Waals surface area contributed by atoms with Crippen molar-refractivity contribution >= 4 is 42.1 Å². The van der Waals surface area contributed by atoms with Gasteiger partial charge in [0.2, 0.25) is 5.79 Å². The maximum absolute atomic E-state index is 13.5. The van der Waals surface area contributed by atoms with Crippen molar-refractivity contribution in [2.45, 2.75) is 61.7 Å². The molecule has 0 aromatic heterocycles. The van der Waals surface area contributed by atoms with Crippen LogP contribution in [-0.4, -0.2) is 148 Å². The lowest BCUT2D eigenvalue weighted by molar-refractivity contribution is -0.383. The van der Waals surface area contributed by atoms with Crippen molar-refractivity contribution < 1.29 is 97.6 Å². The zero-order valence-corrected chi connectivity index (χ0v) is 33.9. The molecule has 3 aromatic carbocycles. The minimum atomic E-state index is -2.66. The van der Waals surface area contributed by atoms with Crippen molar-refractivity contribution in [1.82, 2.24) is 0 Å². The summed E-state index contributed by atoms with van der Waals surface area (Å²) >= 11 is 0. The van der Waals surface area contributed by atoms with Gasteiger partial charge >= 0.3 is 23.9 Å². The third kappa shape index (κ3) is 12.5. The van der Waals surface area contributed by atoms with E-state index in [4.69, 9.17) is 42.6 Å². The molecule has 3 aromatic rings. The Morgan fingerprint density at radius 2 is 1.16 bits per heavy atom. The molecule has 2 heterocycles. The Kier molecular flexibility index (Phi) is 16.2. The SMILES string of the molecule is COc1cc(/C=C/C(=O)OC[C@H]2O[C@@](COC(=O)/C=C/c3ccc(O)cc3)(O[C@H]3O[C@H](COC(C)=O)[C@@H](O)[C@H](O)[C@H]3O)[C@@H](OC(=O)/C=C/c3ccc(O)c(OC)c3)[C@@H]2O)ccc1O. The second-order valence-electron chi connectivity index (χ2n) is 13.9. The number of aromatic hydroxyl groups is 3. The minimum Gasteiger partial charge on any atom is -0.508 e. The number of carbonyl (C=O) groups excluding carboxylic acids is 4. The summed E-state index contributed by atoms with van der Waals surface area (Å²) in [6, 6.07) is 14.1. The van der Waals surface area contributed by atoms with E-state index >= 15 is 0 Å². The zero-order chi connectivity index (χ0) is 45.8. The third-order valence-electron chi connectivity index (χ3n) is 9.50.